The Labute approximate surface area is 125 Å². The molecular formula is C17H23N3O. The van der Waals surface area contributed by atoms with Crippen LogP contribution in [0.25, 0.3) is 5.52 Å². The molecule has 2 aromatic rings. The van der Waals surface area contributed by atoms with E-state index >= 15 is 0 Å². The molecule has 1 fully saturated rings. The summed E-state index contributed by atoms with van der Waals surface area (Å²) in [6, 6.07) is 4.40. The number of pyridine rings is 1. The average Bonchev–Trinajstić information content (AvgIpc) is 2.90. The molecule has 0 radical (unpaired) electrons. The largest absolute Gasteiger partial charge is 0.304 e. The first kappa shape index (κ1) is 14.3. The summed E-state index contributed by atoms with van der Waals surface area (Å²) in [5, 5.41) is 0. The number of aldehydes is 1. The number of hydrogen-bond acceptors (Lipinski definition) is 3. The lowest BCUT2D eigenvalue weighted by atomic mass is 9.92. The lowest BCUT2D eigenvalue weighted by Gasteiger charge is -2.34. The molecule has 0 atom stereocenters. The van der Waals surface area contributed by atoms with Crippen LogP contribution in [0, 0.1) is 5.92 Å². The molecule has 0 aliphatic carbocycles. The van der Waals surface area contributed by atoms with Crippen LogP contribution < -0.4 is 0 Å². The van der Waals surface area contributed by atoms with Gasteiger partial charge in [-0.2, -0.15) is 0 Å². The van der Waals surface area contributed by atoms with Crippen LogP contribution in [0.15, 0.2) is 24.5 Å². The van der Waals surface area contributed by atoms with Gasteiger partial charge >= 0.3 is 0 Å². The van der Waals surface area contributed by atoms with Crippen LogP contribution >= 0.6 is 0 Å². The fourth-order valence-corrected chi connectivity index (χ4v) is 3.23. The van der Waals surface area contributed by atoms with Crippen LogP contribution in [0.2, 0.25) is 0 Å². The standard InChI is InChI=1S/C17H23N3O/c1-13(2)19-6-3-14(4-7-19)10-17-18-11-16-9-15(12-21)5-8-20(16)17/h5,8-9,11-14H,3-4,6-7,10H2,1-2H3. The van der Waals surface area contributed by atoms with Crippen molar-refractivity contribution < 1.29 is 4.79 Å². The Morgan fingerprint density at radius 3 is 2.81 bits per heavy atom. The topological polar surface area (TPSA) is 37.6 Å². The molecule has 0 aromatic carbocycles. The Bertz CT molecular complexity index is 624. The Hall–Kier alpha value is -1.68. The van der Waals surface area contributed by atoms with Gasteiger partial charge in [-0.15, -0.1) is 0 Å². The van der Waals surface area contributed by atoms with Crippen molar-refractivity contribution in [3.05, 3.63) is 35.9 Å². The number of nitrogens with zero attached hydrogens (tertiary/aromatic N) is 3. The van der Waals surface area contributed by atoms with Crippen molar-refractivity contribution in [2.24, 2.45) is 5.92 Å². The van der Waals surface area contributed by atoms with Crippen LogP contribution in [0.5, 0.6) is 0 Å². The average molecular weight is 285 g/mol. The molecule has 0 amide bonds. The molecule has 0 spiro atoms. The van der Waals surface area contributed by atoms with Gasteiger partial charge in [-0.05, 0) is 57.8 Å². The molecule has 4 nitrogen and oxygen atoms in total. The molecule has 0 unspecified atom stereocenters. The van der Waals surface area contributed by atoms with Crippen molar-refractivity contribution in [1.29, 1.82) is 0 Å². The van der Waals surface area contributed by atoms with Crippen molar-refractivity contribution >= 4 is 11.8 Å². The van der Waals surface area contributed by atoms with Crippen molar-refractivity contribution in [3.63, 3.8) is 0 Å². The number of carbonyl (C=O) groups is 1. The molecule has 0 saturated carbocycles. The highest BCUT2D eigenvalue weighted by atomic mass is 16.1. The first-order valence-electron chi connectivity index (χ1n) is 7.82. The van der Waals surface area contributed by atoms with Gasteiger partial charge in [0.2, 0.25) is 0 Å². The second-order valence-electron chi connectivity index (χ2n) is 6.32. The number of hydrogen-bond donors (Lipinski definition) is 0. The van der Waals surface area contributed by atoms with E-state index in [2.05, 4.69) is 28.1 Å². The summed E-state index contributed by atoms with van der Waals surface area (Å²) in [6.45, 7) is 6.93. The Morgan fingerprint density at radius 2 is 2.14 bits per heavy atom. The van der Waals surface area contributed by atoms with Crippen LogP contribution in [0.4, 0.5) is 0 Å². The summed E-state index contributed by atoms with van der Waals surface area (Å²) in [7, 11) is 0. The third kappa shape index (κ3) is 3.00. The van der Waals surface area contributed by atoms with Gasteiger partial charge in [0.05, 0.1) is 11.7 Å². The van der Waals surface area contributed by atoms with E-state index in [1.54, 1.807) is 0 Å². The Balaban J connectivity index is 1.70. The van der Waals surface area contributed by atoms with Gasteiger partial charge in [0.1, 0.15) is 12.1 Å². The highest BCUT2D eigenvalue weighted by Crippen LogP contribution is 2.23. The van der Waals surface area contributed by atoms with Gasteiger partial charge in [-0.3, -0.25) is 4.79 Å². The molecule has 1 aliphatic rings. The first-order chi connectivity index (χ1) is 10.2. The lowest BCUT2D eigenvalue weighted by Crippen LogP contribution is -2.38. The molecule has 112 valence electrons. The van der Waals surface area contributed by atoms with Gasteiger partial charge < -0.3 is 9.30 Å². The Morgan fingerprint density at radius 1 is 1.38 bits per heavy atom. The fourth-order valence-electron chi connectivity index (χ4n) is 3.23. The highest BCUT2D eigenvalue weighted by molar-refractivity contribution is 5.77. The number of piperidine rings is 1. The van der Waals surface area contributed by atoms with Gasteiger partial charge in [-0.1, -0.05) is 0 Å². The third-order valence-electron chi connectivity index (χ3n) is 4.62. The number of likely N-dealkylation sites (tertiary alicyclic amines) is 1. The minimum absolute atomic E-state index is 0.653. The number of rotatable bonds is 4. The molecule has 2 aromatic heterocycles. The van der Waals surface area contributed by atoms with E-state index in [0.717, 1.165) is 30.0 Å². The van der Waals surface area contributed by atoms with E-state index in [9.17, 15) is 4.79 Å². The minimum Gasteiger partial charge on any atom is -0.304 e. The SMILES string of the molecule is CC(C)N1CCC(Cc2ncc3cc(C=O)ccn23)CC1. The van der Waals surface area contributed by atoms with E-state index in [-0.39, 0.29) is 0 Å². The fraction of sp³-hybridized carbons (Fsp3) is 0.529. The number of fused-ring (bicyclic) bond motifs is 1. The molecule has 1 aliphatic heterocycles. The Kier molecular flexibility index (Phi) is 4.06. The maximum Gasteiger partial charge on any atom is 0.150 e. The molecule has 0 bridgehead atoms. The molecule has 21 heavy (non-hydrogen) atoms. The zero-order valence-electron chi connectivity index (χ0n) is 12.8. The molecule has 0 N–H and O–H groups in total. The predicted octanol–water partition coefficient (Wildman–Crippen LogP) is 2.81. The number of aromatic nitrogens is 2. The van der Waals surface area contributed by atoms with Gasteiger partial charge in [0, 0.05) is 24.2 Å². The second kappa shape index (κ2) is 5.98. The van der Waals surface area contributed by atoms with Gasteiger partial charge in [0.25, 0.3) is 0 Å². The normalized spacial score (nSPS) is 17.7. The van der Waals surface area contributed by atoms with Crippen LogP contribution in [-0.2, 0) is 6.42 Å². The van der Waals surface area contributed by atoms with Crippen molar-refractivity contribution in [3.8, 4) is 0 Å². The predicted molar refractivity (Wildman–Crippen MR) is 83.7 cm³/mol. The van der Waals surface area contributed by atoms with Gasteiger partial charge in [0.15, 0.2) is 0 Å². The summed E-state index contributed by atoms with van der Waals surface area (Å²) in [5.41, 5.74) is 1.72. The van der Waals surface area contributed by atoms with Crippen LogP contribution in [0.1, 0.15) is 42.9 Å². The van der Waals surface area contributed by atoms with E-state index in [1.165, 1.54) is 25.9 Å². The highest BCUT2D eigenvalue weighted by Gasteiger charge is 2.22. The summed E-state index contributed by atoms with van der Waals surface area (Å²) in [6.07, 6.45) is 8.24. The van der Waals surface area contributed by atoms with Crippen molar-refractivity contribution in [1.82, 2.24) is 14.3 Å². The van der Waals surface area contributed by atoms with E-state index in [4.69, 9.17) is 0 Å². The summed E-state index contributed by atoms with van der Waals surface area (Å²) < 4.78 is 2.11. The quantitative estimate of drug-likeness (QED) is 0.811. The second-order valence-corrected chi connectivity index (χ2v) is 6.32. The lowest BCUT2D eigenvalue weighted by molar-refractivity contribution is 0.112. The zero-order valence-corrected chi connectivity index (χ0v) is 12.8. The van der Waals surface area contributed by atoms with E-state index in [1.807, 2.05) is 24.5 Å². The minimum atomic E-state index is 0.653. The molecule has 4 heteroatoms. The smallest absolute Gasteiger partial charge is 0.150 e. The van der Waals surface area contributed by atoms with E-state index < -0.39 is 0 Å². The molecule has 3 rings (SSSR count). The molecule has 3 heterocycles. The van der Waals surface area contributed by atoms with Crippen molar-refractivity contribution in [2.75, 3.05) is 13.1 Å². The number of carbonyl (C=O) groups excluding carboxylic acids is 1. The molecule has 1 saturated heterocycles. The van der Waals surface area contributed by atoms with E-state index in [0.29, 0.717) is 11.6 Å². The monoisotopic (exact) mass is 285 g/mol. The van der Waals surface area contributed by atoms with Crippen LogP contribution in [0.3, 0.4) is 0 Å². The summed E-state index contributed by atoms with van der Waals surface area (Å²) in [4.78, 5) is 17.9. The zero-order chi connectivity index (χ0) is 14.8. The van der Waals surface area contributed by atoms with Crippen LogP contribution in [-0.4, -0.2) is 39.7 Å². The third-order valence-corrected chi connectivity index (χ3v) is 4.62. The first-order valence-corrected chi connectivity index (χ1v) is 7.82. The van der Waals surface area contributed by atoms with Gasteiger partial charge in [-0.25, -0.2) is 4.98 Å². The summed E-state index contributed by atoms with van der Waals surface area (Å²) >= 11 is 0. The number of imidazole rings is 1. The maximum atomic E-state index is 10.8. The maximum absolute atomic E-state index is 10.8. The van der Waals surface area contributed by atoms with Crippen molar-refractivity contribution in [2.45, 2.75) is 39.2 Å². The summed E-state index contributed by atoms with van der Waals surface area (Å²) in [5.74, 6) is 1.83. The molecular weight excluding hydrogens is 262 g/mol.